The molecule has 33 heavy (non-hydrogen) atoms. The zero-order chi connectivity index (χ0) is 24.2. The van der Waals surface area contributed by atoms with Crippen LogP contribution >= 0.6 is 0 Å². The molecule has 172 valence electrons. The number of carbonyl (C=O) groups excluding carboxylic acids is 2. The Hall–Kier alpha value is -3.40. The molecule has 0 radical (unpaired) electrons. The zero-order valence-electron chi connectivity index (χ0n) is 20.5. The molecule has 0 aliphatic rings. The van der Waals surface area contributed by atoms with Gasteiger partial charge < -0.3 is 10.6 Å². The van der Waals surface area contributed by atoms with Crippen molar-refractivity contribution >= 4 is 17.5 Å². The molecule has 0 saturated carbocycles. The number of rotatable bonds is 5. The summed E-state index contributed by atoms with van der Waals surface area (Å²) in [4.78, 5) is 25.0. The number of carbonyl (C=O) groups is 2. The van der Waals surface area contributed by atoms with Crippen molar-refractivity contribution < 1.29 is 9.59 Å². The lowest BCUT2D eigenvalue weighted by molar-refractivity contribution is 0.0949. The maximum Gasteiger partial charge on any atom is 0.255 e. The first-order valence-corrected chi connectivity index (χ1v) is 11.3. The first-order valence-electron chi connectivity index (χ1n) is 11.3. The van der Waals surface area contributed by atoms with Crippen molar-refractivity contribution in [2.24, 2.45) is 0 Å². The van der Waals surface area contributed by atoms with Gasteiger partial charge >= 0.3 is 0 Å². The molecule has 0 aliphatic heterocycles. The normalized spacial score (nSPS) is 11.7. The quantitative estimate of drug-likeness (QED) is 0.476. The standard InChI is InChI=1S/C29H34N2O2/c1-28(2,3)23-13-11-21(12-14-23)26(32)30-19-20-7-9-22(10-8-20)27(33)31-25-17-15-24(16-18-25)29(4,5)6/h7-18H,19H2,1-6H3,(H,30,32)(H,31,33). The highest BCUT2D eigenvalue weighted by molar-refractivity contribution is 6.04. The Morgan fingerprint density at radius 2 is 1.03 bits per heavy atom. The van der Waals surface area contributed by atoms with Crippen LogP contribution in [0.2, 0.25) is 0 Å². The van der Waals surface area contributed by atoms with Gasteiger partial charge in [-0.05, 0) is 63.9 Å². The summed E-state index contributed by atoms with van der Waals surface area (Å²) in [6.07, 6.45) is 0. The molecule has 3 rings (SSSR count). The summed E-state index contributed by atoms with van der Waals surface area (Å²) >= 11 is 0. The molecule has 0 aromatic heterocycles. The van der Waals surface area contributed by atoms with Crippen LogP contribution in [-0.2, 0) is 17.4 Å². The van der Waals surface area contributed by atoms with E-state index in [2.05, 4.69) is 52.2 Å². The second-order valence-electron chi connectivity index (χ2n) is 10.5. The van der Waals surface area contributed by atoms with Gasteiger partial charge in [-0.15, -0.1) is 0 Å². The van der Waals surface area contributed by atoms with Gasteiger partial charge in [0.1, 0.15) is 0 Å². The van der Waals surface area contributed by atoms with Crippen molar-refractivity contribution in [2.75, 3.05) is 5.32 Å². The lowest BCUT2D eigenvalue weighted by Gasteiger charge is -2.19. The van der Waals surface area contributed by atoms with Gasteiger partial charge in [-0.2, -0.15) is 0 Å². The summed E-state index contributed by atoms with van der Waals surface area (Å²) in [5.74, 6) is -0.274. The van der Waals surface area contributed by atoms with Gasteiger partial charge in [0.25, 0.3) is 11.8 Å². The fourth-order valence-corrected chi connectivity index (χ4v) is 3.44. The third kappa shape index (κ3) is 6.55. The van der Waals surface area contributed by atoms with Gasteiger partial charge in [-0.3, -0.25) is 9.59 Å². The van der Waals surface area contributed by atoms with E-state index in [9.17, 15) is 9.59 Å². The van der Waals surface area contributed by atoms with Crippen molar-refractivity contribution in [3.05, 3.63) is 101 Å². The molecule has 0 heterocycles. The Morgan fingerprint density at radius 1 is 0.606 bits per heavy atom. The fourth-order valence-electron chi connectivity index (χ4n) is 3.44. The number of hydrogen-bond donors (Lipinski definition) is 2. The predicted octanol–water partition coefficient (Wildman–Crippen LogP) is 6.46. The summed E-state index contributed by atoms with van der Waals surface area (Å²) in [6, 6.07) is 22.9. The third-order valence-electron chi connectivity index (χ3n) is 5.69. The van der Waals surface area contributed by atoms with Crippen molar-refractivity contribution in [3.8, 4) is 0 Å². The van der Waals surface area contributed by atoms with Crippen molar-refractivity contribution in [1.29, 1.82) is 0 Å². The number of anilines is 1. The van der Waals surface area contributed by atoms with Crippen LogP contribution in [0.15, 0.2) is 72.8 Å². The van der Waals surface area contributed by atoms with Crippen molar-refractivity contribution in [1.82, 2.24) is 5.32 Å². The van der Waals surface area contributed by atoms with E-state index < -0.39 is 0 Å². The molecule has 2 amide bonds. The molecule has 0 unspecified atom stereocenters. The van der Waals surface area contributed by atoms with E-state index in [1.54, 1.807) is 12.1 Å². The van der Waals surface area contributed by atoms with E-state index in [1.807, 2.05) is 60.7 Å². The van der Waals surface area contributed by atoms with Gasteiger partial charge in [-0.1, -0.05) is 77.9 Å². The highest BCUT2D eigenvalue weighted by Crippen LogP contribution is 2.24. The number of hydrogen-bond acceptors (Lipinski definition) is 2. The molecule has 0 fully saturated rings. The van der Waals surface area contributed by atoms with Crippen LogP contribution in [0.5, 0.6) is 0 Å². The van der Waals surface area contributed by atoms with E-state index in [0.717, 1.165) is 11.3 Å². The SMILES string of the molecule is CC(C)(C)c1ccc(NC(=O)c2ccc(CNC(=O)c3ccc(C(C)(C)C)cc3)cc2)cc1. The average molecular weight is 443 g/mol. The average Bonchev–Trinajstić information content (AvgIpc) is 2.77. The molecule has 0 saturated heterocycles. The van der Waals surface area contributed by atoms with Gasteiger partial charge in [0.05, 0.1) is 0 Å². The minimum absolute atomic E-state index is 0.0545. The third-order valence-corrected chi connectivity index (χ3v) is 5.69. The fraction of sp³-hybridized carbons (Fsp3) is 0.310. The van der Waals surface area contributed by atoms with Gasteiger partial charge in [-0.25, -0.2) is 0 Å². The maximum atomic E-state index is 12.6. The zero-order valence-corrected chi connectivity index (χ0v) is 20.5. The molecule has 0 bridgehead atoms. The molecular weight excluding hydrogens is 408 g/mol. The van der Waals surface area contributed by atoms with Crippen LogP contribution in [0.1, 0.15) is 78.9 Å². The molecule has 0 aliphatic carbocycles. The first-order chi connectivity index (χ1) is 15.4. The van der Waals surface area contributed by atoms with Crippen LogP contribution in [0.25, 0.3) is 0 Å². The Balaban J connectivity index is 1.55. The van der Waals surface area contributed by atoms with Crippen LogP contribution in [0, 0.1) is 0 Å². The van der Waals surface area contributed by atoms with Crippen molar-refractivity contribution in [3.63, 3.8) is 0 Å². The van der Waals surface area contributed by atoms with Gasteiger partial charge in [0, 0.05) is 23.4 Å². The van der Waals surface area contributed by atoms with Crippen LogP contribution < -0.4 is 10.6 Å². The predicted molar refractivity (Wildman–Crippen MR) is 136 cm³/mol. The second kappa shape index (κ2) is 9.62. The van der Waals surface area contributed by atoms with Crippen LogP contribution in [-0.4, -0.2) is 11.8 Å². The van der Waals surface area contributed by atoms with Gasteiger partial charge in [0.15, 0.2) is 0 Å². The molecule has 3 aromatic rings. The smallest absolute Gasteiger partial charge is 0.255 e. The Bertz CT molecular complexity index is 1100. The number of benzene rings is 3. The van der Waals surface area contributed by atoms with E-state index in [0.29, 0.717) is 17.7 Å². The Morgan fingerprint density at radius 3 is 1.52 bits per heavy atom. The minimum atomic E-state index is -0.159. The molecule has 4 nitrogen and oxygen atoms in total. The summed E-state index contributed by atoms with van der Waals surface area (Å²) in [6.45, 7) is 13.3. The molecule has 4 heteroatoms. The summed E-state index contributed by atoms with van der Waals surface area (Å²) < 4.78 is 0. The highest BCUT2D eigenvalue weighted by atomic mass is 16.2. The van der Waals surface area contributed by atoms with E-state index in [-0.39, 0.29) is 22.6 Å². The van der Waals surface area contributed by atoms with Crippen molar-refractivity contribution in [2.45, 2.75) is 58.9 Å². The summed E-state index contributed by atoms with van der Waals surface area (Å²) in [5.41, 5.74) is 5.44. The second-order valence-corrected chi connectivity index (χ2v) is 10.5. The largest absolute Gasteiger partial charge is 0.348 e. The topological polar surface area (TPSA) is 58.2 Å². The van der Waals surface area contributed by atoms with Crippen LogP contribution in [0.3, 0.4) is 0 Å². The summed E-state index contributed by atoms with van der Waals surface area (Å²) in [7, 11) is 0. The molecule has 3 aromatic carbocycles. The lowest BCUT2D eigenvalue weighted by Crippen LogP contribution is -2.23. The molecule has 0 spiro atoms. The van der Waals surface area contributed by atoms with Gasteiger partial charge in [0.2, 0.25) is 0 Å². The van der Waals surface area contributed by atoms with E-state index in [1.165, 1.54) is 11.1 Å². The maximum absolute atomic E-state index is 12.6. The lowest BCUT2D eigenvalue weighted by atomic mass is 9.87. The minimum Gasteiger partial charge on any atom is -0.348 e. The molecular formula is C29H34N2O2. The Labute approximate surface area is 197 Å². The monoisotopic (exact) mass is 442 g/mol. The Kier molecular flexibility index (Phi) is 7.06. The van der Waals surface area contributed by atoms with E-state index in [4.69, 9.17) is 0 Å². The first kappa shape index (κ1) is 24.2. The highest BCUT2D eigenvalue weighted by Gasteiger charge is 2.15. The van der Waals surface area contributed by atoms with Crippen LogP contribution in [0.4, 0.5) is 5.69 Å². The molecule has 0 atom stereocenters. The van der Waals surface area contributed by atoms with E-state index >= 15 is 0 Å². The summed E-state index contributed by atoms with van der Waals surface area (Å²) in [5, 5.41) is 5.87. The molecule has 2 N–H and O–H groups in total. The number of nitrogens with one attached hydrogen (secondary N) is 2. The number of amides is 2.